The molecule has 8 heteroatoms. The Morgan fingerprint density at radius 2 is 2.00 bits per heavy atom. The number of para-hydroxylation sites is 1. The van der Waals surface area contributed by atoms with Crippen LogP contribution in [-0.2, 0) is 9.53 Å². The number of hydrogen-bond donors (Lipinski definition) is 1. The van der Waals surface area contributed by atoms with Gasteiger partial charge in [-0.15, -0.1) is 0 Å². The normalized spacial score (nSPS) is 11.9. The molecule has 0 spiro atoms. The summed E-state index contributed by atoms with van der Waals surface area (Å²) in [5.41, 5.74) is -0.110. The van der Waals surface area contributed by atoms with E-state index in [4.69, 9.17) is 13.7 Å². The van der Waals surface area contributed by atoms with E-state index in [1.54, 1.807) is 31.2 Å². The van der Waals surface area contributed by atoms with Crippen LogP contribution in [0.3, 0.4) is 0 Å². The van der Waals surface area contributed by atoms with Gasteiger partial charge in [0.25, 0.3) is 5.91 Å². The van der Waals surface area contributed by atoms with Crippen LogP contribution in [0.2, 0.25) is 0 Å². The van der Waals surface area contributed by atoms with E-state index in [2.05, 4.69) is 10.5 Å². The summed E-state index contributed by atoms with van der Waals surface area (Å²) in [6.07, 6.45) is -1.12. The third kappa shape index (κ3) is 3.57. The van der Waals surface area contributed by atoms with Crippen LogP contribution in [0, 0.1) is 6.92 Å². The predicted octanol–water partition coefficient (Wildman–Crippen LogP) is 2.27. The first kappa shape index (κ1) is 16.4. The van der Waals surface area contributed by atoms with Crippen molar-refractivity contribution in [2.24, 2.45) is 0 Å². The predicted molar refractivity (Wildman–Crippen MR) is 87.2 cm³/mol. The van der Waals surface area contributed by atoms with E-state index in [1.807, 2.05) is 0 Å². The number of amides is 1. The van der Waals surface area contributed by atoms with Gasteiger partial charge in [0.15, 0.2) is 17.4 Å². The second kappa shape index (κ2) is 6.60. The SMILES string of the molecule is Cc1cc(NC(=O)[C@H](C)OC(=O)c2cc(=O)c3ccccc3o2)no1. The zero-order valence-electron chi connectivity index (χ0n) is 13.4. The summed E-state index contributed by atoms with van der Waals surface area (Å²) < 4.78 is 15.2. The van der Waals surface area contributed by atoms with Gasteiger partial charge in [-0.1, -0.05) is 17.3 Å². The highest BCUT2D eigenvalue weighted by Gasteiger charge is 2.22. The summed E-state index contributed by atoms with van der Waals surface area (Å²) in [4.78, 5) is 36.1. The maximum absolute atomic E-state index is 12.1. The van der Waals surface area contributed by atoms with E-state index < -0.39 is 18.0 Å². The molecule has 2 heterocycles. The van der Waals surface area contributed by atoms with Gasteiger partial charge in [0, 0.05) is 12.1 Å². The highest BCUT2D eigenvalue weighted by atomic mass is 16.6. The number of anilines is 1. The molecule has 2 aromatic heterocycles. The van der Waals surface area contributed by atoms with Crippen LogP contribution >= 0.6 is 0 Å². The maximum atomic E-state index is 12.1. The fraction of sp³-hybridized carbons (Fsp3) is 0.176. The van der Waals surface area contributed by atoms with Crippen LogP contribution in [0.1, 0.15) is 23.2 Å². The smallest absolute Gasteiger partial charge is 0.375 e. The Morgan fingerprint density at radius 3 is 2.72 bits per heavy atom. The van der Waals surface area contributed by atoms with Gasteiger partial charge >= 0.3 is 5.97 Å². The number of nitrogens with zero attached hydrogens (tertiary/aromatic N) is 1. The standard InChI is InChI=1S/C17H14N2O6/c1-9-7-15(19-25-9)18-16(21)10(2)23-17(22)14-8-12(20)11-5-3-4-6-13(11)24-14/h3-8,10H,1-2H3,(H,18,19,21)/t10-/m0/s1. The topological polar surface area (TPSA) is 112 Å². The summed E-state index contributed by atoms with van der Waals surface area (Å²) in [6, 6.07) is 9.08. The molecule has 128 valence electrons. The Morgan fingerprint density at radius 1 is 1.24 bits per heavy atom. The average Bonchev–Trinajstić information content (AvgIpc) is 2.99. The first-order valence-corrected chi connectivity index (χ1v) is 7.42. The molecule has 0 unspecified atom stereocenters. The van der Waals surface area contributed by atoms with Crippen LogP contribution in [0.15, 0.2) is 50.1 Å². The average molecular weight is 342 g/mol. The van der Waals surface area contributed by atoms with Gasteiger partial charge in [-0.25, -0.2) is 4.79 Å². The molecule has 8 nitrogen and oxygen atoms in total. The van der Waals surface area contributed by atoms with Gasteiger partial charge in [0.05, 0.1) is 5.39 Å². The minimum absolute atomic E-state index is 0.211. The van der Waals surface area contributed by atoms with Crippen molar-refractivity contribution < 1.29 is 23.3 Å². The molecule has 0 saturated heterocycles. The Bertz CT molecular complexity index is 1000. The zero-order chi connectivity index (χ0) is 18.0. The molecule has 0 fully saturated rings. The lowest BCUT2D eigenvalue weighted by Gasteiger charge is -2.11. The molecule has 0 saturated carbocycles. The number of nitrogens with one attached hydrogen (secondary N) is 1. The summed E-state index contributed by atoms with van der Waals surface area (Å²) in [7, 11) is 0. The number of carbonyl (C=O) groups is 2. The van der Waals surface area contributed by atoms with Crippen molar-refractivity contribution in [1.82, 2.24) is 5.16 Å². The molecule has 0 aliphatic heterocycles. The van der Waals surface area contributed by atoms with Crippen LogP contribution in [0.4, 0.5) is 5.82 Å². The number of hydrogen-bond acceptors (Lipinski definition) is 7. The first-order chi connectivity index (χ1) is 11.9. The highest BCUT2D eigenvalue weighted by Crippen LogP contribution is 2.14. The second-order valence-electron chi connectivity index (χ2n) is 5.33. The molecule has 0 aliphatic rings. The molecule has 0 aliphatic carbocycles. The molecule has 3 aromatic rings. The number of ether oxygens (including phenoxy) is 1. The van der Waals surface area contributed by atoms with Crippen molar-refractivity contribution in [3.05, 3.63) is 58.1 Å². The molecule has 1 atom stereocenters. The van der Waals surface area contributed by atoms with Crippen molar-refractivity contribution in [3.63, 3.8) is 0 Å². The third-order valence-electron chi connectivity index (χ3n) is 3.37. The van der Waals surface area contributed by atoms with Gasteiger partial charge in [-0.05, 0) is 26.0 Å². The van der Waals surface area contributed by atoms with Crippen molar-refractivity contribution in [3.8, 4) is 0 Å². The Hall–Kier alpha value is -3.42. The number of aryl methyl sites for hydroxylation is 1. The van der Waals surface area contributed by atoms with Gasteiger partial charge < -0.3 is 19.0 Å². The lowest BCUT2D eigenvalue weighted by molar-refractivity contribution is -0.123. The van der Waals surface area contributed by atoms with E-state index >= 15 is 0 Å². The molecule has 3 rings (SSSR count). The zero-order valence-corrected chi connectivity index (χ0v) is 13.4. The summed E-state index contributed by atoms with van der Waals surface area (Å²) in [5, 5.41) is 6.41. The second-order valence-corrected chi connectivity index (χ2v) is 5.33. The molecule has 1 aromatic carbocycles. The molecular weight excluding hydrogens is 328 g/mol. The third-order valence-corrected chi connectivity index (χ3v) is 3.37. The van der Waals surface area contributed by atoms with Crippen molar-refractivity contribution in [2.45, 2.75) is 20.0 Å². The molecular formula is C17H14N2O6. The fourth-order valence-electron chi connectivity index (χ4n) is 2.13. The Kier molecular flexibility index (Phi) is 4.34. The molecule has 1 N–H and O–H groups in total. The quantitative estimate of drug-likeness (QED) is 0.724. The van der Waals surface area contributed by atoms with Crippen molar-refractivity contribution >= 4 is 28.7 Å². The Balaban J connectivity index is 1.73. The van der Waals surface area contributed by atoms with Crippen molar-refractivity contribution in [1.29, 1.82) is 0 Å². The number of aromatic nitrogens is 1. The van der Waals surface area contributed by atoms with Gasteiger partial charge in [-0.3, -0.25) is 9.59 Å². The number of fused-ring (bicyclic) bond motifs is 1. The van der Waals surface area contributed by atoms with Gasteiger partial charge in [0.1, 0.15) is 11.3 Å². The lowest BCUT2D eigenvalue weighted by atomic mass is 10.2. The van der Waals surface area contributed by atoms with Crippen LogP contribution < -0.4 is 10.7 Å². The maximum Gasteiger partial charge on any atom is 0.375 e. The molecule has 0 bridgehead atoms. The van der Waals surface area contributed by atoms with E-state index in [1.165, 1.54) is 13.0 Å². The van der Waals surface area contributed by atoms with E-state index in [-0.39, 0.29) is 22.6 Å². The molecule has 25 heavy (non-hydrogen) atoms. The minimum atomic E-state index is -1.12. The van der Waals surface area contributed by atoms with Crippen LogP contribution in [0.5, 0.6) is 0 Å². The fourth-order valence-corrected chi connectivity index (χ4v) is 2.13. The van der Waals surface area contributed by atoms with E-state index in [9.17, 15) is 14.4 Å². The van der Waals surface area contributed by atoms with Crippen molar-refractivity contribution in [2.75, 3.05) is 5.32 Å². The van der Waals surface area contributed by atoms with Crippen LogP contribution in [-0.4, -0.2) is 23.1 Å². The first-order valence-electron chi connectivity index (χ1n) is 7.42. The summed E-state index contributed by atoms with van der Waals surface area (Å²) in [5.74, 6) is -1.05. The van der Waals surface area contributed by atoms with E-state index in [0.717, 1.165) is 6.07 Å². The monoisotopic (exact) mass is 342 g/mol. The van der Waals surface area contributed by atoms with E-state index in [0.29, 0.717) is 11.1 Å². The molecule has 1 amide bonds. The lowest BCUT2D eigenvalue weighted by Crippen LogP contribution is -2.30. The number of carbonyl (C=O) groups excluding carboxylic acids is 2. The number of rotatable bonds is 4. The van der Waals surface area contributed by atoms with Gasteiger partial charge in [-0.2, -0.15) is 0 Å². The largest absolute Gasteiger partial charge is 0.449 e. The highest BCUT2D eigenvalue weighted by molar-refractivity contribution is 5.96. The number of benzene rings is 1. The minimum Gasteiger partial charge on any atom is -0.449 e. The Labute approximate surface area is 141 Å². The van der Waals surface area contributed by atoms with Gasteiger partial charge in [0.2, 0.25) is 5.76 Å². The van der Waals surface area contributed by atoms with Crippen LogP contribution in [0.25, 0.3) is 11.0 Å². The molecule has 0 radical (unpaired) electrons. The summed E-state index contributed by atoms with van der Waals surface area (Å²) in [6.45, 7) is 3.06. The number of esters is 1. The summed E-state index contributed by atoms with van der Waals surface area (Å²) >= 11 is 0.